The molecule has 1 N–H and O–H groups in total. The predicted octanol–water partition coefficient (Wildman–Crippen LogP) is 0.352. The minimum absolute atomic E-state index is 0.0970. The van der Waals surface area contributed by atoms with E-state index in [-0.39, 0.29) is 6.61 Å². The van der Waals surface area contributed by atoms with Crippen LogP contribution in [0.3, 0.4) is 0 Å². The maximum Gasteiger partial charge on any atom is 0.0698 e. The molecule has 0 aromatic heterocycles. The van der Waals surface area contributed by atoms with Gasteiger partial charge in [0.05, 0.1) is 26.4 Å². The number of methoxy groups -OCH3 is 1. The molecule has 4 nitrogen and oxygen atoms in total. The topological polar surface area (TPSA) is 41.9 Å². The third kappa shape index (κ3) is 6.32. The molecule has 0 aliphatic rings. The summed E-state index contributed by atoms with van der Waals surface area (Å²) in [6.45, 7) is 8.08. The Morgan fingerprint density at radius 1 is 1.36 bits per heavy atom. The van der Waals surface area contributed by atoms with E-state index in [0.717, 1.165) is 19.7 Å². The number of nitrogens with zero attached hydrogens (tertiary/aromatic N) is 1. The molecule has 0 aliphatic heterocycles. The van der Waals surface area contributed by atoms with Gasteiger partial charge in [0, 0.05) is 19.7 Å². The van der Waals surface area contributed by atoms with Crippen LogP contribution in [0, 0.1) is 0 Å². The molecular formula is C10H23NO3. The first-order chi connectivity index (χ1) is 6.76. The van der Waals surface area contributed by atoms with Crippen LogP contribution in [0.4, 0.5) is 0 Å². The quantitative estimate of drug-likeness (QED) is 0.552. The van der Waals surface area contributed by atoms with Crippen LogP contribution >= 0.6 is 0 Å². The Kier molecular flexibility index (Phi) is 9.29. The predicted molar refractivity (Wildman–Crippen MR) is 56.5 cm³/mol. The molecular weight excluding hydrogens is 182 g/mol. The summed E-state index contributed by atoms with van der Waals surface area (Å²) < 4.78 is 10.3. The number of rotatable bonds is 9. The van der Waals surface area contributed by atoms with E-state index in [1.54, 1.807) is 7.11 Å². The zero-order valence-electron chi connectivity index (χ0n) is 9.53. The molecule has 0 radical (unpaired) electrons. The second kappa shape index (κ2) is 9.40. The van der Waals surface area contributed by atoms with Crippen LogP contribution in [-0.2, 0) is 9.47 Å². The summed E-state index contributed by atoms with van der Waals surface area (Å²) in [5, 5.41) is 8.52. The van der Waals surface area contributed by atoms with Gasteiger partial charge in [-0.2, -0.15) is 0 Å². The van der Waals surface area contributed by atoms with Gasteiger partial charge >= 0.3 is 0 Å². The van der Waals surface area contributed by atoms with Gasteiger partial charge in [-0.15, -0.1) is 0 Å². The molecule has 0 saturated carbocycles. The van der Waals surface area contributed by atoms with Crippen molar-refractivity contribution in [1.29, 1.82) is 0 Å². The number of likely N-dealkylation sites (N-methyl/N-ethyl adjacent to an activating group) is 1. The van der Waals surface area contributed by atoms with Crippen molar-refractivity contribution in [2.45, 2.75) is 19.9 Å². The van der Waals surface area contributed by atoms with Crippen molar-refractivity contribution in [3.05, 3.63) is 0 Å². The molecule has 0 spiro atoms. The lowest BCUT2D eigenvalue weighted by atomic mass is 10.3. The normalized spacial score (nSPS) is 13.5. The van der Waals surface area contributed by atoms with Gasteiger partial charge in [0.25, 0.3) is 0 Å². The van der Waals surface area contributed by atoms with Crippen LogP contribution < -0.4 is 0 Å². The van der Waals surface area contributed by atoms with E-state index < -0.39 is 0 Å². The minimum atomic E-state index is 0.0970. The summed E-state index contributed by atoms with van der Waals surface area (Å²) in [4.78, 5) is 2.29. The van der Waals surface area contributed by atoms with E-state index in [4.69, 9.17) is 14.6 Å². The average molecular weight is 205 g/mol. The van der Waals surface area contributed by atoms with E-state index in [1.165, 1.54) is 0 Å². The fourth-order valence-corrected chi connectivity index (χ4v) is 1.39. The van der Waals surface area contributed by atoms with Crippen LogP contribution in [0.15, 0.2) is 0 Å². The number of hydrogen-bond donors (Lipinski definition) is 1. The summed E-state index contributed by atoms with van der Waals surface area (Å²) in [5.74, 6) is 0. The van der Waals surface area contributed by atoms with Gasteiger partial charge in [0.15, 0.2) is 0 Å². The van der Waals surface area contributed by atoms with Crippen molar-refractivity contribution >= 4 is 0 Å². The Morgan fingerprint density at radius 3 is 2.57 bits per heavy atom. The van der Waals surface area contributed by atoms with Crippen LogP contribution in [0.5, 0.6) is 0 Å². The highest BCUT2D eigenvalue weighted by atomic mass is 16.5. The number of ether oxygens (including phenoxy) is 2. The Hall–Kier alpha value is -0.160. The summed E-state index contributed by atoms with van der Waals surface area (Å²) in [6.07, 6.45) is 0. The number of aliphatic hydroxyl groups excluding tert-OH is 1. The molecule has 4 heteroatoms. The number of hydrogen-bond acceptors (Lipinski definition) is 4. The molecule has 0 bridgehead atoms. The molecule has 0 rings (SSSR count). The third-order valence-electron chi connectivity index (χ3n) is 2.20. The van der Waals surface area contributed by atoms with Gasteiger partial charge < -0.3 is 14.6 Å². The SMILES string of the molecule is CCN(CCOCCO)C(C)COC. The van der Waals surface area contributed by atoms with Gasteiger partial charge in [-0.3, -0.25) is 4.90 Å². The fraction of sp³-hybridized carbons (Fsp3) is 1.00. The average Bonchev–Trinajstić information content (AvgIpc) is 2.18. The van der Waals surface area contributed by atoms with Crippen molar-refractivity contribution < 1.29 is 14.6 Å². The van der Waals surface area contributed by atoms with Gasteiger partial charge in [-0.05, 0) is 13.5 Å². The molecule has 14 heavy (non-hydrogen) atoms. The smallest absolute Gasteiger partial charge is 0.0698 e. The highest BCUT2D eigenvalue weighted by molar-refractivity contribution is 4.64. The Bertz CT molecular complexity index is 122. The van der Waals surface area contributed by atoms with Crippen LogP contribution in [-0.4, -0.2) is 62.7 Å². The minimum Gasteiger partial charge on any atom is -0.394 e. The fourth-order valence-electron chi connectivity index (χ4n) is 1.39. The zero-order valence-corrected chi connectivity index (χ0v) is 9.53. The van der Waals surface area contributed by atoms with E-state index >= 15 is 0 Å². The lowest BCUT2D eigenvalue weighted by Gasteiger charge is -2.26. The van der Waals surface area contributed by atoms with Crippen LogP contribution in [0.25, 0.3) is 0 Å². The standard InChI is InChI=1S/C10H23NO3/c1-4-11(10(2)9-13-3)5-7-14-8-6-12/h10,12H,4-9H2,1-3H3. The van der Waals surface area contributed by atoms with Crippen molar-refractivity contribution in [1.82, 2.24) is 4.90 Å². The molecule has 0 heterocycles. The summed E-state index contributed by atoms with van der Waals surface area (Å²) in [7, 11) is 1.71. The Morgan fingerprint density at radius 2 is 2.07 bits per heavy atom. The summed E-state index contributed by atoms with van der Waals surface area (Å²) >= 11 is 0. The van der Waals surface area contributed by atoms with Crippen molar-refractivity contribution in [2.75, 3.05) is 46.6 Å². The number of aliphatic hydroxyl groups is 1. The maximum absolute atomic E-state index is 8.52. The molecule has 0 saturated heterocycles. The Balaban J connectivity index is 3.56. The highest BCUT2D eigenvalue weighted by Crippen LogP contribution is 1.98. The third-order valence-corrected chi connectivity index (χ3v) is 2.20. The maximum atomic E-state index is 8.52. The van der Waals surface area contributed by atoms with Crippen molar-refractivity contribution in [2.24, 2.45) is 0 Å². The van der Waals surface area contributed by atoms with Gasteiger partial charge in [-0.25, -0.2) is 0 Å². The monoisotopic (exact) mass is 205 g/mol. The van der Waals surface area contributed by atoms with Gasteiger partial charge in [0.2, 0.25) is 0 Å². The van der Waals surface area contributed by atoms with Crippen molar-refractivity contribution in [3.63, 3.8) is 0 Å². The molecule has 0 aromatic rings. The Labute approximate surface area is 86.8 Å². The van der Waals surface area contributed by atoms with Gasteiger partial charge in [0.1, 0.15) is 0 Å². The summed E-state index contributed by atoms with van der Waals surface area (Å²) in [5.41, 5.74) is 0. The first kappa shape index (κ1) is 13.8. The molecule has 0 fully saturated rings. The molecule has 86 valence electrons. The lowest BCUT2D eigenvalue weighted by Crippen LogP contribution is -2.38. The van der Waals surface area contributed by atoms with E-state index in [2.05, 4.69) is 18.7 Å². The lowest BCUT2D eigenvalue weighted by molar-refractivity contribution is 0.0495. The van der Waals surface area contributed by atoms with E-state index in [0.29, 0.717) is 19.3 Å². The second-order valence-electron chi connectivity index (χ2n) is 3.27. The molecule has 0 amide bonds. The molecule has 1 atom stereocenters. The molecule has 0 aliphatic carbocycles. The van der Waals surface area contributed by atoms with Gasteiger partial charge in [-0.1, -0.05) is 6.92 Å². The highest BCUT2D eigenvalue weighted by Gasteiger charge is 2.10. The van der Waals surface area contributed by atoms with Crippen LogP contribution in [0.1, 0.15) is 13.8 Å². The zero-order chi connectivity index (χ0) is 10.8. The largest absolute Gasteiger partial charge is 0.394 e. The van der Waals surface area contributed by atoms with Crippen molar-refractivity contribution in [3.8, 4) is 0 Å². The van der Waals surface area contributed by atoms with E-state index in [1.807, 2.05) is 0 Å². The van der Waals surface area contributed by atoms with E-state index in [9.17, 15) is 0 Å². The second-order valence-corrected chi connectivity index (χ2v) is 3.27. The first-order valence-corrected chi connectivity index (χ1v) is 5.17. The summed E-state index contributed by atoms with van der Waals surface area (Å²) in [6, 6.07) is 0.419. The first-order valence-electron chi connectivity index (χ1n) is 5.17. The molecule has 1 unspecified atom stereocenters. The van der Waals surface area contributed by atoms with Crippen LogP contribution in [0.2, 0.25) is 0 Å². The molecule has 0 aromatic carbocycles.